The van der Waals surface area contributed by atoms with Gasteiger partial charge < -0.3 is 33.7 Å². The Bertz CT molecular complexity index is 1190. The molecule has 3 aromatic rings. The van der Waals surface area contributed by atoms with Gasteiger partial charge in [0.15, 0.2) is 11.5 Å². The molecule has 0 atom stereocenters. The maximum Gasteiger partial charge on any atom is 0.340 e. The van der Waals surface area contributed by atoms with E-state index in [2.05, 4.69) is 5.32 Å². The molecule has 0 saturated carbocycles. The molecule has 1 amide bonds. The Morgan fingerprint density at radius 3 is 1.94 bits per heavy atom. The summed E-state index contributed by atoms with van der Waals surface area (Å²) in [4.78, 5) is 25.4. The molecule has 0 aliphatic carbocycles. The largest absolute Gasteiger partial charge is 0.497 e. The highest BCUT2D eigenvalue weighted by Crippen LogP contribution is 2.34. The van der Waals surface area contributed by atoms with E-state index in [0.29, 0.717) is 34.1 Å². The van der Waals surface area contributed by atoms with Gasteiger partial charge in [-0.3, -0.25) is 4.79 Å². The molecule has 0 bridgehead atoms. The molecule has 0 aliphatic rings. The molecule has 0 fully saturated rings. The van der Waals surface area contributed by atoms with Crippen LogP contribution in [0.4, 0.5) is 5.69 Å². The molecule has 0 heterocycles. The normalized spacial score (nSPS) is 10.2. The van der Waals surface area contributed by atoms with E-state index in [1.807, 2.05) is 0 Å². The molecule has 0 aromatic heterocycles. The van der Waals surface area contributed by atoms with Crippen molar-refractivity contribution in [1.82, 2.24) is 0 Å². The number of amides is 1. The first-order valence-electron chi connectivity index (χ1n) is 10.5. The molecule has 0 spiro atoms. The topological polar surface area (TPSA) is 102 Å². The Morgan fingerprint density at radius 1 is 0.714 bits per heavy atom. The number of nitrogens with one attached hydrogen (secondary N) is 1. The molecular formula is C26H27NO8. The van der Waals surface area contributed by atoms with Crippen molar-refractivity contribution in [3.63, 3.8) is 0 Å². The first-order chi connectivity index (χ1) is 16.9. The van der Waals surface area contributed by atoms with Crippen LogP contribution < -0.4 is 29.0 Å². The van der Waals surface area contributed by atoms with E-state index in [0.717, 1.165) is 5.75 Å². The van der Waals surface area contributed by atoms with Gasteiger partial charge in [-0.2, -0.15) is 0 Å². The fourth-order valence-corrected chi connectivity index (χ4v) is 3.32. The zero-order chi connectivity index (χ0) is 25.4. The van der Waals surface area contributed by atoms with Gasteiger partial charge in [-0.25, -0.2) is 4.79 Å². The van der Waals surface area contributed by atoms with Crippen LogP contribution in [-0.2, 0) is 11.3 Å². The maximum atomic E-state index is 13.1. The second-order valence-corrected chi connectivity index (χ2v) is 7.19. The predicted octanol–water partition coefficient (Wildman–Crippen LogP) is 4.34. The van der Waals surface area contributed by atoms with Crippen LogP contribution in [0.15, 0.2) is 54.6 Å². The maximum absolute atomic E-state index is 13.1. The number of hydrogen-bond donors (Lipinski definition) is 1. The number of hydrogen-bond acceptors (Lipinski definition) is 8. The third-order valence-corrected chi connectivity index (χ3v) is 5.17. The average molecular weight is 482 g/mol. The highest BCUT2D eigenvalue weighted by atomic mass is 16.5. The molecule has 1 N–H and O–H groups in total. The molecular weight excluding hydrogens is 454 g/mol. The van der Waals surface area contributed by atoms with Crippen LogP contribution in [0.5, 0.6) is 28.7 Å². The zero-order valence-corrected chi connectivity index (χ0v) is 20.2. The summed E-state index contributed by atoms with van der Waals surface area (Å²) in [6.07, 6.45) is 0. The monoisotopic (exact) mass is 481 g/mol. The second kappa shape index (κ2) is 11.6. The fraction of sp³-hybridized carbons (Fsp3) is 0.231. The molecule has 0 radical (unpaired) electrons. The summed E-state index contributed by atoms with van der Waals surface area (Å²) in [5.74, 6) is 1.51. The SMILES string of the molecule is COC(=O)c1cc(OC)c(OC)cc1NC(=O)c1ccc(OC)c(COc2ccc(OC)cc2)c1. The van der Waals surface area contributed by atoms with Gasteiger partial charge >= 0.3 is 5.97 Å². The molecule has 35 heavy (non-hydrogen) atoms. The van der Waals surface area contributed by atoms with Crippen LogP contribution in [0, 0.1) is 0 Å². The van der Waals surface area contributed by atoms with Crippen LogP contribution in [0.25, 0.3) is 0 Å². The summed E-state index contributed by atoms with van der Waals surface area (Å²) in [7, 11) is 7.29. The number of rotatable bonds is 10. The summed E-state index contributed by atoms with van der Waals surface area (Å²) < 4.78 is 31.8. The lowest BCUT2D eigenvalue weighted by atomic mass is 10.1. The van der Waals surface area contributed by atoms with Gasteiger partial charge in [0.2, 0.25) is 0 Å². The summed E-state index contributed by atoms with van der Waals surface area (Å²) in [6.45, 7) is 0.167. The quantitative estimate of drug-likeness (QED) is 0.427. The van der Waals surface area contributed by atoms with Crippen LogP contribution in [0.1, 0.15) is 26.3 Å². The number of benzene rings is 3. The standard InChI is InChI=1S/C26H27NO8/c1-30-18-7-9-19(10-8-18)35-15-17-12-16(6-11-22(17)31-2)25(28)27-21-14-24(33-4)23(32-3)13-20(21)26(29)34-5/h6-14H,15H2,1-5H3,(H,27,28). The van der Waals surface area contributed by atoms with Crippen molar-refractivity contribution < 1.29 is 38.0 Å². The highest BCUT2D eigenvalue weighted by molar-refractivity contribution is 6.08. The minimum atomic E-state index is -0.635. The van der Waals surface area contributed by atoms with Crippen LogP contribution >= 0.6 is 0 Å². The number of anilines is 1. The Labute approximate surface area is 203 Å². The third-order valence-electron chi connectivity index (χ3n) is 5.17. The summed E-state index contributed by atoms with van der Waals surface area (Å²) >= 11 is 0. The number of carbonyl (C=O) groups is 2. The molecule has 0 unspecified atom stereocenters. The van der Waals surface area contributed by atoms with Crippen LogP contribution in [0.3, 0.4) is 0 Å². The van der Waals surface area contributed by atoms with Crippen LogP contribution in [0.2, 0.25) is 0 Å². The van der Waals surface area contributed by atoms with Crippen LogP contribution in [-0.4, -0.2) is 47.4 Å². The lowest BCUT2D eigenvalue weighted by Crippen LogP contribution is -2.16. The van der Waals surface area contributed by atoms with Gasteiger partial charge in [0.05, 0.1) is 46.8 Å². The number of esters is 1. The number of methoxy groups -OCH3 is 5. The van der Waals surface area contributed by atoms with Crippen molar-refractivity contribution in [3.8, 4) is 28.7 Å². The fourth-order valence-electron chi connectivity index (χ4n) is 3.32. The number of ether oxygens (including phenoxy) is 6. The van der Waals surface area contributed by atoms with Crippen molar-refractivity contribution in [3.05, 3.63) is 71.3 Å². The Kier molecular flexibility index (Phi) is 8.39. The van der Waals surface area contributed by atoms with Crippen molar-refractivity contribution in [1.29, 1.82) is 0 Å². The first-order valence-corrected chi connectivity index (χ1v) is 10.5. The van der Waals surface area contributed by atoms with Gasteiger partial charge in [-0.1, -0.05) is 0 Å². The second-order valence-electron chi connectivity index (χ2n) is 7.19. The summed E-state index contributed by atoms with van der Waals surface area (Å²) in [5.41, 5.74) is 1.34. The molecule has 9 nitrogen and oxygen atoms in total. The van der Waals surface area contributed by atoms with E-state index in [1.54, 1.807) is 49.6 Å². The molecule has 0 saturated heterocycles. The highest BCUT2D eigenvalue weighted by Gasteiger charge is 2.20. The Hall–Kier alpha value is -4.40. The van der Waals surface area contributed by atoms with E-state index >= 15 is 0 Å². The smallest absolute Gasteiger partial charge is 0.340 e. The average Bonchev–Trinajstić information content (AvgIpc) is 2.91. The van der Waals surface area contributed by atoms with E-state index in [1.165, 1.54) is 40.6 Å². The van der Waals surface area contributed by atoms with Crippen molar-refractivity contribution in [2.24, 2.45) is 0 Å². The summed E-state index contributed by atoms with van der Waals surface area (Å²) in [5, 5.41) is 2.75. The third kappa shape index (κ3) is 5.94. The van der Waals surface area contributed by atoms with Crippen molar-refractivity contribution >= 4 is 17.6 Å². The molecule has 9 heteroatoms. The van der Waals surface area contributed by atoms with E-state index in [9.17, 15) is 9.59 Å². The van der Waals surface area contributed by atoms with Gasteiger partial charge in [0.1, 0.15) is 23.9 Å². The Morgan fingerprint density at radius 2 is 1.34 bits per heavy atom. The zero-order valence-electron chi connectivity index (χ0n) is 20.2. The van der Waals surface area contributed by atoms with Gasteiger partial charge in [0.25, 0.3) is 5.91 Å². The predicted molar refractivity (Wildman–Crippen MR) is 129 cm³/mol. The lowest BCUT2D eigenvalue weighted by Gasteiger charge is -2.15. The number of carbonyl (C=O) groups excluding carboxylic acids is 2. The first kappa shape index (κ1) is 25.2. The van der Waals surface area contributed by atoms with Gasteiger partial charge in [-0.05, 0) is 42.5 Å². The molecule has 184 valence electrons. The van der Waals surface area contributed by atoms with E-state index in [-0.39, 0.29) is 17.9 Å². The summed E-state index contributed by atoms with van der Waals surface area (Å²) in [6, 6.07) is 15.1. The van der Waals surface area contributed by atoms with E-state index < -0.39 is 11.9 Å². The van der Waals surface area contributed by atoms with Gasteiger partial charge in [-0.15, -0.1) is 0 Å². The Balaban J connectivity index is 1.86. The minimum Gasteiger partial charge on any atom is -0.497 e. The van der Waals surface area contributed by atoms with E-state index in [4.69, 9.17) is 28.4 Å². The lowest BCUT2D eigenvalue weighted by molar-refractivity contribution is 0.0601. The minimum absolute atomic E-state index is 0.120. The molecule has 3 rings (SSSR count). The molecule has 3 aromatic carbocycles. The van der Waals surface area contributed by atoms with Crippen molar-refractivity contribution in [2.45, 2.75) is 6.61 Å². The van der Waals surface area contributed by atoms with Gasteiger partial charge in [0, 0.05) is 23.3 Å². The van der Waals surface area contributed by atoms with Crippen molar-refractivity contribution in [2.75, 3.05) is 40.9 Å². The molecule has 0 aliphatic heterocycles.